The Labute approximate surface area is 183 Å². The third-order valence-electron chi connectivity index (χ3n) is 4.83. The first-order valence-corrected chi connectivity index (χ1v) is 11.1. The lowest BCUT2D eigenvalue weighted by atomic mass is 10.2. The van der Waals surface area contributed by atoms with Crippen molar-refractivity contribution in [3.05, 3.63) is 65.8 Å². The number of ether oxygens (including phenoxy) is 2. The number of rotatable bonds is 8. The normalized spacial score (nSPS) is 12.4. The molecule has 0 atom stereocenters. The topological polar surface area (TPSA) is 88.1 Å². The van der Waals surface area contributed by atoms with Gasteiger partial charge in [-0.3, -0.25) is 4.57 Å². The van der Waals surface area contributed by atoms with E-state index in [4.69, 9.17) is 14.0 Å². The van der Waals surface area contributed by atoms with E-state index in [1.807, 2.05) is 48.5 Å². The molecule has 0 saturated heterocycles. The molecule has 9 heteroatoms. The highest BCUT2D eigenvalue weighted by atomic mass is 32.2. The Balaban J connectivity index is 1.42. The molecule has 1 aliphatic rings. The molecule has 3 heterocycles. The van der Waals surface area contributed by atoms with Gasteiger partial charge in [-0.2, -0.15) is 4.98 Å². The van der Waals surface area contributed by atoms with Crippen LogP contribution >= 0.6 is 11.8 Å². The summed E-state index contributed by atoms with van der Waals surface area (Å²) < 4.78 is 18.4. The summed E-state index contributed by atoms with van der Waals surface area (Å²) in [6, 6.07) is 16.0. The minimum Gasteiger partial charge on any atom is -0.454 e. The highest BCUT2D eigenvalue weighted by molar-refractivity contribution is 7.98. The fraction of sp³-hybridized carbons (Fsp3) is 0.273. The number of aryl methyl sites for hydroxylation is 1. The zero-order valence-corrected chi connectivity index (χ0v) is 17.8. The van der Waals surface area contributed by atoms with Crippen LogP contribution in [-0.4, -0.2) is 31.7 Å². The molecule has 4 aromatic rings. The van der Waals surface area contributed by atoms with Crippen LogP contribution in [0.5, 0.6) is 11.5 Å². The molecule has 0 N–H and O–H groups in total. The summed E-state index contributed by atoms with van der Waals surface area (Å²) in [7, 11) is 0. The van der Waals surface area contributed by atoms with Crippen molar-refractivity contribution >= 4 is 11.8 Å². The van der Waals surface area contributed by atoms with Crippen LogP contribution in [0.4, 0.5) is 0 Å². The van der Waals surface area contributed by atoms with Crippen LogP contribution in [0.3, 0.4) is 0 Å². The van der Waals surface area contributed by atoms with Gasteiger partial charge in [-0.05, 0) is 24.1 Å². The smallest absolute Gasteiger partial charge is 0.237 e. The molecule has 158 valence electrons. The molecule has 0 fully saturated rings. The third-order valence-corrected chi connectivity index (χ3v) is 5.79. The molecule has 0 spiro atoms. The summed E-state index contributed by atoms with van der Waals surface area (Å²) in [5, 5.41) is 13.7. The lowest BCUT2D eigenvalue weighted by Gasteiger charge is -2.10. The van der Waals surface area contributed by atoms with E-state index in [0.29, 0.717) is 18.2 Å². The first-order chi connectivity index (χ1) is 15.3. The molecule has 1 aliphatic heterocycles. The second-order valence-electron chi connectivity index (χ2n) is 7.09. The Bertz CT molecular complexity index is 1180. The quantitative estimate of drug-likeness (QED) is 0.378. The second kappa shape index (κ2) is 8.81. The van der Waals surface area contributed by atoms with E-state index < -0.39 is 0 Å². The molecular weight excluding hydrogens is 414 g/mol. The molecule has 0 bridgehead atoms. The van der Waals surface area contributed by atoms with E-state index in [1.165, 1.54) is 11.8 Å². The van der Waals surface area contributed by atoms with Crippen molar-refractivity contribution in [2.75, 3.05) is 6.79 Å². The molecule has 0 amide bonds. The van der Waals surface area contributed by atoms with Crippen molar-refractivity contribution in [1.29, 1.82) is 0 Å². The Morgan fingerprint density at radius 1 is 1.03 bits per heavy atom. The lowest BCUT2D eigenvalue weighted by molar-refractivity contribution is 0.174. The first-order valence-electron chi connectivity index (χ1n) is 10.1. The standard InChI is InChI=1S/C22H21N5O3S/c1-2-6-19-23-20(30-26-19)13-31-22-25-24-21(16-7-4-3-5-8-16)27(22)12-15-9-10-17-18(11-15)29-14-28-17/h3-5,7-11H,2,6,12-14H2,1H3. The number of benzene rings is 2. The zero-order valence-electron chi connectivity index (χ0n) is 17.0. The monoisotopic (exact) mass is 435 g/mol. The minimum atomic E-state index is 0.256. The van der Waals surface area contributed by atoms with Crippen LogP contribution < -0.4 is 9.47 Å². The molecule has 0 radical (unpaired) electrons. The maximum Gasteiger partial charge on any atom is 0.237 e. The van der Waals surface area contributed by atoms with Gasteiger partial charge in [0.2, 0.25) is 12.7 Å². The second-order valence-corrected chi connectivity index (χ2v) is 8.03. The average Bonchev–Trinajstić information content (AvgIpc) is 3.53. The molecule has 31 heavy (non-hydrogen) atoms. The fourth-order valence-corrected chi connectivity index (χ4v) is 4.14. The van der Waals surface area contributed by atoms with Gasteiger partial charge in [0.05, 0.1) is 12.3 Å². The highest BCUT2D eigenvalue weighted by Crippen LogP contribution is 2.34. The Hall–Kier alpha value is -3.33. The number of thioether (sulfide) groups is 1. The number of nitrogens with zero attached hydrogens (tertiary/aromatic N) is 5. The summed E-state index contributed by atoms with van der Waals surface area (Å²) in [6.45, 7) is 2.95. The Kier molecular flexibility index (Phi) is 5.57. The van der Waals surface area contributed by atoms with E-state index in [2.05, 4.69) is 31.8 Å². The highest BCUT2D eigenvalue weighted by Gasteiger charge is 2.18. The van der Waals surface area contributed by atoms with Crippen LogP contribution in [0.2, 0.25) is 0 Å². The van der Waals surface area contributed by atoms with Crippen molar-refractivity contribution in [1.82, 2.24) is 24.9 Å². The van der Waals surface area contributed by atoms with Gasteiger partial charge < -0.3 is 14.0 Å². The zero-order chi connectivity index (χ0) is 21.0. The number of fused-ring (bicyclic) bond motifs is 1. The van der Waals surface area contributed by atoms with Crippen molar-refractivity contribution < 1.29 is 14.0 Å². The van der Waals surface area contributed by atoms with Crippen LogP contribution in [0.15, 0.2) is 58.2 Å². The van der Waals surface area contributed by atoms with Gasteiger partial charge in [0, 0.05) is 12.0 Å². The number of hydrogen-bond donors (Lipinski definition) is 0. The maximum atomic E-state index is 5.54. The van der Waals surface area contributed by atoms with Gasteiger partial charge >= 0.3 is 0 Å². The van der Waals surface area contributed by atoms with Crippen LogP contribution in [-0.2, 0) is 18.7 Å². The Morgan fingerprint density at radius 3 is 2.77 bits per heavy atom. The van der Waals surface area contributed by atoms with Gasteiger partial charge in [-0.25, -0.2) is 0 Å². The number of hydrogen-bond acceptors (Lipinski definition) is 8. The summed E-state index contributed by atoms with van der Waals surface area (Å²) in [4.78, 5) is 4.45. The summed E-state index contributed by atoms with van der Waals surface area (Å²) in [5.41, 5.74) is 2.08. The third kappa shape index (κ3) is 4.27. The summed E-state index contributed by atoms with van der Waals surface area (Å²) in [6.07, 6.45) is 1.79. The van der Waals surface area contributed by atoms with E-state index in [0.717, 1.165) is 52.3 Å². The fourth-order valence-electron chi connectivity index (χ4n) is 3.36. The van der Waals surface area contributed by atoms with E-state index in [-0.39, 0.29) is 6.79 Å². The van der Waals surface area contributed by atoms with Gasteiger partial charge in [-0.15, -0.1) is 10.2 Å². The molecule has 5 rings (SSSR count). The van der Waals surface area contributed by atoms with Crippen LogP contribution in [0.1, 0.15) is 30.6 Å². The minimum absolute atomic E-state index is 0.256. The molecule has 2 aromatic heterocycles. The van der Waals surface area contributed by atoms with Crippen LogP contribution in [0, 0.1) is 0 Å². The molecule has 8 nitrogen and oxygen atoms in total. The van der Waals surface area contributed by atoms with E-state index in [1.54, 1.807) is 0 Å². The van der Waals surface area contributed by atoms with Gasteiger partial charge in [0.25, 0.3) is 0 Å². The van der Waals surface area contributed by atoms with Crippen molar-refractivity contribution in [2.45, 2.75) is 37.2 Å². The first kappa shape index (κ1) is 19.6. The largest absolute Gasteiger partial charge is 0.454 e. The number of aromatic nitrogens is 5. The molecule has 0 aliphatic carbocycles. The van der Waals surface area contributed by atoms with Crippen LogP contribution in [0.25, 0.3) is 11.4 Å². The lowest BCUT2D eigenvalue weighted by Crippen LogP contribution is -2.04. The van der Waals surface area contributed by atoms with E-state index >= 15 is 0 Å². The predicted molar refractivity (Wildman–Crippen MR) is 115 cm³/mol. The van der Waals surface area contributed by atoms with Crippen molar-refractivity contribution in [3.8, 4) is 22.9 Å². The summed E-state index contributed by atoms with van der Waals surface area (Å²) in [5.74, 6) is 4.19. The van der Waals surface area contributed by atoms with E-state index in [9.17, 15) is 0 Å². The Morgan fingerprint density at radius 2 is 1.90 bits per heavy atom. The predicted octanol–water partition coefficient (Wildman–Crippen LogP) is 4.35. The maximum absolute atomic E-state index is 5.54. The van der Waals surface area contributed by atoms with Gasteiger partial charge in [0.1, 0.15) is 0 Å². The van der Waals surface area contributed by atoms with Gasteiger partial charge in [0.15, 0.2) is 28.3 Å². The van der Waals surface area contributed by atoms with Crippen molar-refractivity contribution in [2.24, 2.45) is 0 Å². The van der Waals surface area contributed by atoms with Crippen molar-refractivity contribution in [3.63, 3.8) is 0 Å². The molecular formula is C22H21N5O3S. The SMILES string of the molecule is CCCc1noc(CSc2nnc(-c3ccccc3)n2Cc2ccc3c(c2)OCO3)n1. The molecule has 0 saturated carbocycles. The average molecular weight is 436 g/mol. The molecule has 2 aromatic carbocycles. The molecule has 0 unspecified atom stereocenters. The summed E-state index contributed by atoms with van der Waals surface area (Å²) >= 11 is 1.53. The van der Waals surface area contributed by atoms with Gasteiger partial charge in [-0.1, -0.05) is 60.2 Å².